The monoisotopic (exact) mass is 230 g/mol. The quantitative estimate of drug-likeness (QED) is 0.864. The molecule has 0 saturated carbocycles. The highest BCUT2D eigenvalue weighted by Crippen LogP contribution is 2.09. The molecule has 0 unspecified atom stereocenters. The molecule has 4 nitrogen and oxygen atoms in total. The molecule has 0 saturated heterocycles. The molecule has 0 atom stereocenters. The van der Waals surface area contributed by atoms with E-state index in [1.165, 1.54) is 4.88 Å². The molecule has 76 valence electrons. The van der Waals surface area contributed by atoms with Crippen LogP contribution in [-0.4, -0.2) is 15.0 Å². The highest BCUT2D eigenvalue weighted by atomic mass is 35.5. The third-order valence-electron chi connectivity index (χ3n) is 1.69. The third kappa shape index (κ3) is 2.54. The first-order valence-electron chi connectivity index (χ1n) is 4.00. The third-order valence-corrected chi connectivity index (χ3v) is 2.55. The molecule has 0 spiro atoms. The Morgan fingerprint density at radius 2 is 2.36 bits per heavy atom. The summed E-state index contributed by atoms with van der Waals surface area (Å²) in [6.45, 7) is 1.23. The molecule has 2 aromatic heterocycles. The van der Waals surface area contributed by atoms with Gasteiger partial charge in [0, 0.05) is 11.4 Å². The molecule has 0 aromatic carbocycles. The predicted octanol–water partition coefficient (Wildman–Crippen LogP) is 1.27. The van der Waals surface area contributed by atoms with Gasteiger partial charge in [-0.25, -0.2) is 4.68 Å². The predicted molar refractivity (Wildman–Crippen MR) is 58.6 cm³/mol. The van der Waals surface area contributed by atoms with Crippen LogP contribution in [-0.2, 0) is 13.1 Å². The van der Waals surface area contributed by atoms with Gasteiger partial charge in [0.25, 0.3) is 0 Å². The second-order valence-electron chi connectivity index (χ2n) is 2.69. The van der Waals surface area contributed by atoms with Gasteiger partial charge in [0.1, 0.15) is 0 Å². The van der Waals surface area contributed by atoms with E-state index in [2.05, 4.69) is 21.8 Å². The molecule has 14 heavy (non-hydrogen) atoms. The molecule has 6 heteroatoms. The van der Waals surface area contributed by atoms with Crippen molar-refractivity contribution in [2.24, 2.45) is 5.73 Å². The minimum atomic E-state index is 0. The van der Waals surface area contributed by atoms with Crippen molar-refractivity contribution in [3.8, 4) is 0 Å². The van der Waals surface area contributed by atoms with E-state index in [-0.39, 0.29) is 12.4 Å². The molecule has 2 N–H and O–H groups in total. The van der Waals surface area contributed by atoms with Gasteiger partial charge in [-0.05, 0) is 11.4 Å². The van der Waals surface area contributed by atoms with Crippen molar-refractivity contribution < 1.29 is 0 Å². The summed E-state index contributed by atoms with van der Waals surface area (Å²) in [6, 6.07) is 4.11. The van der Waals surface area contributed by atoms with Crippen LogP contribution in [0, 0.1) is 0 Å². The molecule has 2 rings (SSSR count). The van der Waals surface area contributed by atoms with E-state index in [0.29, 0.717) is 6.54 Å². The summed E-state index contributed by atoms with van der Waals surface area (Å²) >= 11 is 1.71. The molecule has 0 bridgehead atoms. The Balaban J connectivity index is 0.000000980. The lowest BCUT2D eigenvalue weighted by Crippen LogP contribution is -1.98. The van der Waals surface area contributed by atoms with Crippen LogP contribution < -0.4 is 5.73 Å². The van der Waals surface area contributed by atoms with Gasteiger partial charge >= 0.3 is 0 Å². The summed E-state index contributed by atoms with van der Waals surface area (Å²) in [7, 11) is 0. The van der Waals surface area contributed by atoms with Gasteiger partial charge in [-0.1, -0.05) is 11.3 Å². The highest BCUT2D eigenvalue weighted by Gasteiger charge is 1.99. The molecule has 0 fully saturated rings. The first kappa shape index (κ1) is 11.2. The van der Waals surface area contributed by atoms with E-state index in [4.69, 9.17) is 5.73 Å². The minimum absolute atomic E-state index is 0. The van der Waals surface area contributed by atoms with Crippen molar-refractivity contribution in [2.45, 2.75) is 13.1 Å². The van der Waals surface area contributed by atoms with Gasteiger partial charge in [-0.2, -0.15) is 0 Å². The molecule has 2 heterocycles. The maximum atomic E-state index is 5.42. The molecule has 2 aromatic rings. The van der Waals surface area contributed by atoms with Crippen LogP contribution in [0.5, 0.6) is 0 Å². The maximum absolute atomic E-state index is 5.42. The lowest BCUT2D eigenvalue weighted by atomic mass is 10.4. The largest absolute Gasteiger partial charge is 0.325 e. The van der Waals surface area contributed by atoms with Crippen LogP contribution in [0.25, 0.3) is 0 Å². The maximum Gasteiger partial charge on any atom is 0.0962 e. The van der Waals surface area contributed by atoms with Crippen molar-refractivity contribution in [2.75, 3.05) is 0 Å². The molecule has 0 radical (unpaired) electrons. The van der Waals surface area contributed by atoms with Gasteiger partial charge in [0.05, 0.1) is 18.4 Å². The zero-order chi connectivity index (χ0) is 9.10. The van der Waals surface area contributed by atoms with Crippen molar-refractivity contribution in [3.05, 3.63) is 34.3 Å². The van der Waals surface area contributed by atoms with Crippen LogP contribution in [0.3, 0.4) is 0 Å². The Labute approximate surface area is 92.1 Å². The zero-order valence-electron chi connectivity index (χ0n) is 7.46. The Hall–Kier alpha value is -0.910. The number of nitrogens with two attached hydrogens (primary N) is 1. The van der Waals surface area contributed by atoms with E-state index < -0.39 is 0 Å². The Morgan fingerprint density at radius 1 is 1.50 bits per heavy atom. The number of aromatic nitrogens is 3. The first-order chi connectivity index (χ1) is 6.38. The average molecular weight is 231 g/mol. The second kappa shape index (κ2) is 5.09. The fourth-order valence-corrected chi connectivity index (χ4v) is 1.77. The van der Waals surface area contributed by atoms with Crippen molar-refractivity contribution in [3.63, 3.8) is 0 Å². The number of thiophene rings is 1. The van der Waals surface area contributed by atoms with Gasteiger partial charge in [-0.15, -0.1) is 28.8 Å². The Kier molecular flexibility index (Phi) is 4.06. The smallest absolute Gasteiger partial charge is 0.0962 e. The van der Waals surface area contributed by atoms with E-state index in [1.54, 1.807) is 16.0 Å². The Bertz CT molecular complexity index is 370. The summed E-state index contributed by atoms with van der Waals surface area (Å²) in [4.78, 5) is 1.27. The van der Waals surface area contributed by atoms with Crippen molar-refractivity contribution >= 4 is 23.7 Å². The Morgan fingerprint density at radius 3 is 2.93 bits per heavy atom. The molecular weight excluding hydrogens is 220 g/mol. The van der Waals surface area contributed by atoms with E-state index in [1.807, 2.05) is 12.3 Å². The first-order valence-corrected chi connectivity index (χ1v) is 4.88. The van der Waals surface area contributed by atoms with E-state index in [9.17, 15) is 0 Å². The summed E-state index contributed by atoms with van der Waals surface area (Å²) in [5, 5.41) is 9.91. The van der Waals surface area contributed by atoms with Crippen LogP contribution in [0.1, 0.15) is 10.6 Å². The van der Waals surface area contributed by atoms with Crippen molar-refractivity contribution in [1.82, 2.24) is 15.0 Å². The lowest BCUT2D eigenvalue weighted by Gasteiger charge is -1.94. The van der Waals surface area contributed by atoms with Crippen LogP contribution in [0.2, 0.25) is 0 Å². The molecule has 0 aliphatic carbocycles. The molecule has 0 amide bonds. The lowest BCUT2D eigenvalue weighted by molar-refractivity contribution is 0.655. The number of hydrogen-bond acceptors (Lipinski definition) is 4. The minimum Gasteiger partial charge on any atom is -0.325 e. The molecular formula is C8H11ClN4S. The molecule has 0 aliphatic rings. The topological polar surface area (TPSA) is 56.7 Å². The van der Waals surface area contributed by atoms with Gasteiger partial charge < -0.3 is 5.73 Å². The van der Waals surface area contributed by atoms with Crippen LogP contribution in [0.4, 0.5) is 0 Å². The van der Waals surface area contributed by atoms with E-state index >= 15 is 0 Å². The van der Waals surface area contributed by atoms with Gasteiger partial charge in [-0.3, -0.25) is 0 Å². The van der Waals surface area contributed by atoms with Gasteiger partial charge in [0.2, 0.25) is 0 Å². The SMILES string of the molecule is Cl.NCc1cn(Cc2cccs2)nn1. The molecule has 0 aliphatic heterocycles. The number of halogens is 1. The number of nitrogens with zero attached hydrogens (tertiary/aromatic N) is 3. The van der Waals surface area contributed by atoms with Crippen molar-refractivity contribution in [1.29, 1.82) is 0 Å². The standard InChI is InChI=1S/C8H10N4S.ClH/c9-4-7-5-12(11-10-7)6-8-2-1-3-13-8;/h1-3,5H,4,6,9H2;1H. The highest BCUT2D eigenvalue weighted by molar-refractivity contribution is 7.09. The summed E-state index contributed by atoms with van der Waals surface area (Å²) in [5.41, 5.74) is 6.25. The van der Waals surface area contributed by atoms with Crippen LogP contribution in [0.15, 0.2) is 23.7 Å². The number of hydrogen-bond donors (Lipinski definition) is 1. The normalized spacial score (nSPS) is 9.79. The van der Waals surface area contributed by atoms with Gasteiger partial charge in [0.15, 0.2) is 0 Å². The number of rotatable bonds is 3. The summed E-state index contributed by atoms with van der Waals surface area (Å²) < 4.78 is 1.80. The van der Waals surface area contributed by atoms with E-state index in [0.717, 1.165) is 12.2 Å². The van der Waals surface area contributed by atoms with Crippen LogP contribution >= 0.6 is 23.7 Å². The average Bonchev–Trinajstić information content (AvgIpc) is 2.76. The zero-order valence-corrected chi connectivity index (χ0v) is 9.09. The summed E-state index contributed by atoms with van der Waals surface area (Å²) in [5.74, 6) is 0. The fraction of sp³-hybridized carbons (Fsp3) is 0.250. The fourth-order valence-electron chi connectivity index (χ4n) is 1.07. The second-order valence-corrected chi connectivity index (χ2v) is 3.72. The summed E-state index contributed by atoms with van der Waals surface area (Å²) in [6.07, 6.45) is 1.87.